The van der Waals surface area contributed by atoms with Gasteiger partial charge in [0.15, 0.2) is 0 Å². The van der Waals surface area contributed by atoms with Crippen molar-refractivity contribution < 1.29 is 24.5 Å². The van der Waals surface area contributed by atoms with E-state index in [1.165, 1.54) is 347 Å². The molecule has 0 saturated heterocycles. The number of esters is 1. The molecule has 0 spiro atoms. The topological polar surface area (TPSA) is 95.9 Å². The van der Waals surface area contributed by atoms with Crippen molar-refractivity contribution in [3.05, 3.63) is 48.6 Å². The van der Waals surface area contributed by atoms with Crippen molar-refractivity contribution in [3.63, 3.8) is 0 Å². The number of aliphatic hydroxyl groups excluding tert-OH is 2. The van der Waals surface area contributed by atoms with Gasteiger partial charge in [0.1, 0.15) is 0 Å². The Morgan fingerprint density at radius 3 is 0.907 bits per heavy atom. The predicted molar refractivity (Wildman–Crippen MR) is 379 cm³/mol. The van der Waals surface area contributed by atoms with Crippen molar-refractivity contribution in [2.45, 2.75) is 437 Å². The highest BCUT2D eigenvalue weighted by molar-refractivity contribution is 5.76. The maximum absolute atomic E-state index is 12.5. The number of hydrogen-bond donors (Lipinski definition) is 3. The molecule has 2 unspecified atom stereocenters. The number of aliphatic hydroxyl groups is 2. The van der Waals surface area contributed by atoms with Crippen LogP contribution in [0.1, 0.15) is 425 Å². The van der Waals surface area contributed by atoms with Gasteiger partial charge in [-0.1, -0.05) is 371 Å². The van der Waals surface area contributed by atoms with Crippen LogP contribution in [0.2, 0.25) is 0 Å². The molecule has 0 bridgehead atoms. The minimum absolute atomic E-state index is 0.00374. The summed E-state index contributed by atoms with van der Waals surface area (Å²) in [5.74, 6) is -0.0586. The quantitative estimate of drug-likeness (QED) is 0.0320. The smallest absolute Gasteiger partial charge is 0.305 e. The molecule has 0 aromatic carbocycles. The van der Waals surface area contributed by atoms with E-state index >= 15 is 0 Å². The summed E-state index contributed by atoms with van der Waals surface area (Å²) in [5.41, 5.74) is 0. The molecule has 0 fully saturated rings. The van der Waals surface area contributed by atoms with Gasteiger partial charge in [-0.05, 0) is 89.9 Å². The van der Waals surface area contributed by atoms with Crippen molar-refractivity contribution in [1.82, 2.24) is 5.32 Å². The highest BCUT2D eigenvalue weighted by Crippen LogP contribution is 2.19. The number of allylic oxidation sites excluding steroid dienone is 7. The Bertz CT molecular complexity index is 1440. The van der Waals surface area contributed by atoms with Gasteiger partial charge < -0.3 is 20.3 Å². The van der Waals surface area contributed by atoms with Gasteiger partial charge in [0, 0.05) is 12.8 Å². The average Bonchev–Trinajstić information content (AvgIpc) is 3.53. The lowest BCUT2D eigenvalue weighted by Crippen LogP contribution is -2.45. The van der Waals surface area contributed by atoms with Crippen LogP contribution in [0.4, 0.5) is 0 Å². The van der Waals surface area contributed by atoms with Crippen LogP contribution in [0.15, 0.2) is 48.6 Å². The zero-order chi connectivity index (χ0) is 62.0. The summed E-state index contributed by atoms with van der Waals surface area (Å²) in [5, 5.41) is 23.3. The fraction of sp³-hybridized carbons (Fsp3) is 0.875. The number of hydrogen-bond acceptors (Lipinski definition) is 5. The fourth-order valence-electron chi connectivity index (χ4n) is 12.1. The molecule has 6 heteroatoms. The van der Waals surface area contributed by atoms with E-state index in [0.717, 1.165) is 51.4 Å². The summed E-state index contributed by atoms with van der Waals surface area (Å²) >= 11 is 0. The molecule has 0 aliphatic heterocycles. The first-order chi connectivity index (χ1) is 42.5. The van der Waals surface area contributed by atoms with Crippen molar-refractivity contribution in [3.8, 4) is 0 Å². The number of unbranched alkanes of at least 4 members (excludes halogenated alkanes) is 56. The second-order valence-corrected chi connectivity index (χ2v) is 26.7. The summed E-state index contributed by atoms with van der Waals surface area (Å²) in [6.45, 7) is 4.92. The second kappa shape index (κ2) is 75.3. The Kier molecular flexibility index (Phi) is 73.4. The molecule has 6 nitrogen and oxygen atoms in total. The lowest BCUT2D eigenvalue weighted by atomic mass is 10.0. The molecule has 0 heterocycles. The third-order valence-corrected chi connectivity index (χ3v) is 18.1. The third-order valence-electron chi connectivity index (χ3n) is 18.1. The minimum Gasteiger partial charge on any atom is -0.466 e. The number of carbonyl (C=O) groups excluding carboxylic acids is 2. The summed E-state index contributed by atoms with van der Waals surface area (Å²) < 4.78 is 5.49. The standard InChI is InChI=1S/C80H151NO5/c1-3-5-7-9-11-13-15-17-19-21-22-23-32-35-38-41-44-48-52-56-60-64-68-72-78(83)77(76-82)81-79(84)73-69-65-61-57-53-49-45-42-39-36-33-30-28-26-24-25-27-29-31-34-37-40-43-47-51-55-59-63-67-71-75-86-80(85)74-70-66-62-58-54-50-46-20-18-16-14-12-10-8-6-4-2/h14,16,20,25,27,46,68,72,77-78,82-83H,3-13,15,17-19,21-24,26,28-45,47-67,69-71,73-76H2,1-2H3,(H,81,84)/b16-14-,27-25-,46-20-,72-68+. The monoisotopic (exact) mass is 1210 g/mol. The number of carbonyl (C=O) groups is 2. The van der Waals surface area contributed by atoms with Crippen LogP contribution in [-0.4, -0.2) is 47.4 Å². The Labute approximate surface area is 537 Å². The molecule has 3 N–H and O–H groups in total. The van der Waals surface area contributed by atoms with Crippen LogP contribution in [0.5, 0.6) is 0 Å². The van der Waals surface area contributed by atoms with Crippen molar-refractivity contribution in [2.24, 2.45) is 0 Å². The molecule has 0 aliphatic carbocycles. The zero-order valence-electron chi connectivity index (χ0n) is 58.1. The molecule has 0 aromatic heterocycles. The molecule has 2 atom stereocenters. The van der Waals surface area contributed by atoms with Gasteiger partial charge in [-0.3, -0.25) is 9.59 Å². The first kappa shape index (κ1) is 83.8. The molecular weight excluding hydrogens is 1050 g/mol. The normalized spacial score (nSPS) is 12.7. The van der Waals surface area contributed by atoms with Gasteiger partial charge in [-0.15, -0.1) is 0 Å². The maximum atomic E-state index is 12.5. The van der Waals surface area contributed by atoms with E-state index in [4.69, 9.17) is 4.74 Å². The van der Waals surface area contributed by atoms with Crippen molar-refractivity contribution >= 4 is 11.9 Å². The molecule has 86 heavy (non-hydrogen) atoms. The molecular formula is C80H151NO5. The van der Waals surface area contributed by atoms with Crippen LogP contribution in [-0.2, 0) is 14.3 Å². The summed E-state index contributed by atoms with van der Waals surface area (Å²) in [7, 11) is 0. The molecule has 0 rings (SSSR count). The van der Waals surface area contributed by atoms with Crippen LogP contribution in [0.25, 0.3) is 0 Å². The van der Waals surface area contributed by atoms with E-state index < -0.39 is 12.1 Å². The maximum Gasteiger partial charge on any atom is 0.305 e. The Morgan fingerprint density at radius 1 is 0.326 bits per heavy atom. The highest BCUT2D eigenvalue weighted by atomic mass is 16.5. The third kappa shape index (κ3) is 70.9. The average molecular weight is 1210 g/mol. The lowest BCUT2D eigenvalue weighted by Gasteiger charge is -2.20. The van der Waals surface area contributed by atoms with Gasteiger partial charge in [-0.2, -0.15) is 0 Å². The number of ether oxygens (including phenoxy) is 1. The first-order valence-corrected chi connectivity index (χ1v) is 38.9. The molecule has 0 saturated carbocycles. The second-order valence-electron chi connectivity index (χ2n) is 26.7. The minimum atomic E-state index is -0.846. The predicted octanol–water partition coefficient (Wildman–Crippen LogP) is 25.6. The van der Waals surface area contributed by atoms with Gasteiger partial charge in [0.05, 0.1) is 25.4 Å². The van der Waals surface area contributed by atoms with Gasteiger partial charge in [-0.25, -0.2) is 0 Å². The van der Waals surface area contributed by atoms with Gasteiger partial charge >= 0.3 is 5.97 Å². The Balaban J connectivity index is 3.40. The summed E-state index contributed by atoms with van der Waals surface area (Å²) in [6.07, 6.45) is 99.3. The van der Waals surface area contributed by atoms with Gasteiger partial charge in [0.2, 0.25) is 5.91 Å². The largest absolute Gasteiger partial charge is 0.466 e. The number of amides is 1. The highest BCUT2D eigenvalue weighted by Gasteiger charge is 2.18. The molecule has 0 radical (unpaired) electrons. The van der Waals surface area contributed by atoms with E-state index in [0.29, 0.717) is 19.4 Å². The fourth-order valence-corrected chi connectivity index (χ4v) is 12.1. The van der Waals surface area contributed by atoms with Crippen LogP contribution < -0.4 is 5.32 Å². The van der Waals surface area contributed by atoms with Crippen molar-refractivity contribution in [2.75, 3.05) is 13.2 Å². The molecule has 0 aliphatic rings. The van der Waals surface area contributed by atoms with E-state index in [1.807, 2.05) is 6.08 Å². The van der Waals surface area contributed by atoms with E-state index in [-0.39, 0.29) is 18.5 Å². The van der Waals surface area contributed by atoms with Gasteiger partial charge in [0.25, 0.3) is 0 Å². The first-order valence-electron chi connectivity index (χ1n) is 38.9. The Hall–Kier alpha value is -2.18. The Morgan fingerprint density at radius 2 is 0.581 bits per heavy atom. The summed E-state index contributed by atoms with van der Waals surface area (Å²) in [4.78, 5) is 24.6. The number of nitrogens with one attached hydrogen (secondary N) is 1. The SMILES string of the molecule is CCCCCC/C=C\C/C=C\CCCCCCCC(=O)OCCCCCCCCCCCCCC/C=C\CCCCCCCCCCCCCCCCC(=O)NC(CO)C(O)/C=C/CCCCCCCCCCCCCCCCCCCCCCC. The van der Waals surface area contributed by atoms with Crippen molar-refractivity contribution in [1.29, 1.82) is 0 Å². The van der Waals surface area contributed by atoms with E-state index in [1.54, 1.807) is 6.08 Å². The lowest BCUT2D eigenvalue weighted by molar-refractivity contribution is -0.143. The zero-order valence-corrected chi connectivity index (χ0v) is 58.1. The summed E-state index contributed by atoms with van der Waals surface area (Å²) in [6, 6.07) is -0.629. The molecule has 506 valence electrons. The van der Waals surface area contributed by atoms with E-state index in [2.05, 4.69) is 55.6 Å². The van der Waals surface area contributed by atoms with Crippen LogP contribution in [0.3, 0.4) is 0 Å². The van der Waals surface area contributed by atoms with E-state index in [9.17, 15) is 19.8 Å². The molecule has 0 aromatic rings. The number of rotatable bonds is 73. The molecule has 1 amide bonds. The van der Waals surface area contributed by atoms with Crippen LogP contribution in [0, 0.1) is 0 Å². The van der Waals surface area contributed by atoms with Crippen LogP contribution >= 0.6 is 0 Å².